The largest absolute Gasteiger partial charge is 0.508 e. The number of phenols is 2. The molecule has 4 aliphatic rings. The van der Waals surface area contributed by atoms with Gasteiger partial charge in [0.25, 0.3) is 11.8 Å². The molecule has 3 fully saturated rings. The van der Waals surface area contributed by atoms with E-state index in [4.69, 9.17) is 37.4 Å². The van der Waals surface area contributed by atoms with Gasteiger partial charge in [0, 0.05) is 17.5 Å². The van der Waals surface area contributed by atoms with Crippen LogP contribution in [0.3, 0.4) is 0 Å². The van der Waals surface area contributed by atoms with E-state index in [0.29, 0.717) is 28.3 Å². The quantitative estimate of drug-likeness (QED) is 0.104. The topological polar surface area (TPSA) is 155 Å². The van der Waals surface area contributed by atoms with E-state index in [0.717, 1.165) is 16.1 Å². The second-order valence-corrected chi connectivity index (χ2v) is 16.0. The number of aromatic hydroxyl groups is 2. The van der Waals surface area contributed by atoms with Gasteiger partial charge in [-0.25, -0.2) is 0 Å². The van der Waals surface area contributed by atoms with E-state index >= 15 is 4.79 Å². The molecule has 14 heteroatoms. The van der Waals surface area contributed by atoms with E-state index in [9.17, 15) is 24.6 Å². The highest BCUT2D eigenvalue weighted by Gasteiger charge is 2.69. The normalized spacial score (nSPS) is 24.8. The molecule has 3 N–H and O–H groups in total. The number of imide groups is 2. The van der Waals surface area contributed by atoms with Gasteiger partial charge < -0.3 is 24.4 Å². The smallest absolute Gasteiger partial charge is 0.260 e. The molecule has 4 aromatic carbocycles. The van der Waals surface area contributed by atoms with E-state index in [1.165, 1.54) is 32.3 Å². The first-order valence-corrected chi connectivity index (χ1v) is 19.9. The van der Waals surface area contributed by atoms with Crippen molar-refractivity contribution in [2.24, 2.45) is 29.6 Å². The number of halogens is 2. The predicted octanol–water partition coefficient (Wildman–Crippen LogP) is 7.20. The number of hydrogen-bond acceptors (Lipinski definition) is 10. The van der Waals surface area contributed by atoms with Crippen LogP contribution in [0.2, 0.25) is 10.0 Å². The van der Waals surface area contributed by atoms with Gasteiger partial charge in [-0.1, -0.05) is 71.3 Å². The molecular formula is C45H41Cl2N3O9. The van der Waals surface area contributed by atoms with Gasteiger partial charge in [0.15, 0.2) is 11.5 Å². The molecule has 6 atom stereocenters. The Kier molecular flexibility index (Phi) is 10.6. The number of hydrazine groups is 1. The van der Waals surface area contributed by atoms with Crippen molar-refractivity contribution in [1.82, 2.24) is 9.91 Å². The third-order valence-electron chi connectivity index (χ3n) is 12.3. The Hall–Kier alpha value is -5.98. The minimum Gasteiger partial charge on any atom is -0.508 e. The monoisotopic (exact) mass is 837 g/mol. The summed E-state index contributed by atoms with van der Waals surface area (Å²) < 4.78 is 16.4. The molecule has 0 radical (unpaired) electrons. The van der Waals surface area contributed by atoms with Crippen LogP contribution in [0.5, 0.6) is 28.7 Å². The lowest BCUT2D eigenvalue weighted by Gasteiger charge is -2.49. The molecule has 0 unspecified atom stereocenters. The summed E-state index contributed by atoms with van der Waals surface area (Å²) in [4.78, 5) is 60.3. The molecule has 12 nitrogen and oxygen atoms in total. The Bertz CT molecular complexity index is 2390. The van der Waals surface area contributed by atoms with Gasteiger partial charge in [-0.15, -0.1) is 0 Å². The van der Waals surface area contributed by atoms with Crippen LogP contribution >= 0.6 is 23.2 Å². The van der Waals surface area contributed by atoms with Crippen LogP contribution < -0.4 is 19.6 Å². The molecule has 2 aliphatic heterocycles. The fraction of sp³-hybridized carbons (Fsp3) is 0.289. The Balaban J connectivity index is 1.27. The van der Waals surface area contributed by atoms with Gasteiger partial charge in [-0.05, 0) is 96.5 Å². The Morgan fingerprint density at radius 2 is 1.53 bits per heavy atom. The molecule has 4 amide bonds. The number of likely N-dealkylation sites (tertiary alicyclic amines) is 1. The van der Waals surface area contributed by atoms with Crippen LogP contribution in [0.1, 0.15) is 29.5 Å². The summed E-state index contributed by atoms with van der Waals surface area (Å²) in [5.41, 5.74) is 4.48. The fourth-order valence-corrected chi connectivity index (χ4v) is 9.95. The maximum atomic E-state index is 15.5. The summed E-state index contributed by atoms with van der Waals surface area (Å²) in [7, 11) is 4.38. The minimum atomic E-state index is -1.55. The summed E-state index contributed by atoms with van der Waals surface area (Å²) >= 11 is 12.8. The number of methoxy groups -OCH3 is 3. The van der Waals surface area contributed by atoms with E-state index in [-0.39, 0.29) is 64.9 Å². The van der Waals surface area contributed by atoms with Gasteiger partial charge >= 0.3 is 0 Å². The van der Waals surface area contributed by atoms with E-state index in [1.54, 1.807) is 78.9 Å². The zero-order chi connectivity index (χ0) is 41.7. The van der Waals surface area contributed by atoms with E-state index in [1.807, 2.05) is 12.2 Å². The van der Waals surface area contributed by atoms with Crippen molar-refractivity contribution in [2.45, 2.75) is 24.7 Å². The predicted molar refractivity (Wildman–Crippen MR) is 220 cm³/mol. The zero-order valence-electron chi connectivity index (χ0n) is 32.4. The van der Waals surface area contributed by atoms with Gasteiger partial charge in [0.2, 0.25) is 17.6 Å². The lowest BCUT2D eigenvalue weighted by Crippen LogP contribution is -2.54. The fourth-order valence-electron chi connectivity index (χ4n) is 9.50. The maximum absolute atomic E-state index is 15.5. The highest BCUT2D eigenvalue weighted by molar-refractivity contribution is 6.36. The summed E-state index contributed by atoms with van der Waals surface area (Å²) in [5, 5.41) is 22.0. The van der Waals surface area contributed by atoms with Gasteiger partial charge in [0.1, 0.15) is 11.5 Å². The van der Waals surface area contributed by atoms with Crippen molar-refractivity contribution < 1.29 is 43.6 Å². The molecule has 8 rings (SSSR count). The summed E-state index contributed by atoms with van der Waals surface area (Å²) in [6.07, 6.45) is 6.37. The number of benzene rings is 4. The van der Waals surface area contributed by atoms with E-state index in [2.05, 4.69) is 5.43 Å². The van der Waals surface area contributed by atoms with Gasteiger partial charge in [0.05, 0.1) is 55.2 Å². The van der Waals surface area contributed by atoms with Crippen LogP contribution in [0.4, 0.5) is 5.69 Å². The Labute approximate surface area is 350 Å². The number of phenolic OH excluding ortho intramolecular Hbond substituents is 2. The van der Waals surface area contributed by atoms with Crippen LogP contribution in [0.15, 0.2) is 96.6 Å². The first kappa shape index (κ1) is 39.8. The van der Waals surface area contributed by atoms with Crippen molar-refractivity contribution in [2.75, 3.05) is 33.3 Å². The number of allylic oxidation sites excluding steroid dienone is 3. The van der Waals surface area contributed by atoms with Crippen molar-refractivity contribution in [3.8, 4) is 28.7 Å². The van der Waals surface area contributed by atoms with Crippen LogP contribution in [0, 0.1) is 29.6 Å². The van der Waals surface area contributed by atoms with E-state index < -0.39 is 46.8 Å². The third kappa shape index (κ3) is 6.64. The molecule has 59 heavy (non-hydrogen) atoms. The number of anilines is 1. The highest BCUT2D eigenvalue weighted by atomic mass is 35.5. The average molecular weight is 839 g/mol. The van der Waals surface area contributed by atoms with Crippen molar-refractivity contribution in [1.29, 1.82) is 0 Å². The van der Waals surface area contributed by atoms with Crippen molar-refractivity contribution in [3.05, 3.63) is 123 Å². The minimum absolute atomic E-state index is 0.103. The summed E-state index contributed by atoms with van der Waals surface area (Å²) in [6, 6.07) is 21.6. The lowest BCUT2D eigenvalue weighted by atomic mass is 9.50. The molecular weight excluding hydrogens is 797 g/mol. The first-order chi connectivity index (χ1) is 28.4. The number of rotatable bonds is 11. The highest BCUT2D eigenvalue weighted by Crippen LogP contribution is 2.61. The van der Waals surface area contributed by atoms with Crippen molar-refractivity contribution >= 4 is 58.6 Å². The average Bonchev–Trinajstić information content (AvgIpc) is 3.61. The third-order valence-corrected chi connectivity index (χ3v) is 12.8. The number of nitrogens with one attached hydrogen (secondary N) is 1. The van der Waals surface area contributed by atoms with Crippen LogP contribution in [-0.2, 0) is 31.0 Å². The second-order valence-electron chi connectivity index (χ2n) is 15.1. The molecule has 2 heterocycles. The van der Waals surface area contributed by atoms with Gasteiger partial charge in [-0.3, -0.25) is 29.5 Å². The first-order valence-electron chi connectivity index (χ1n) is 19.1. The maximum Gasteiger partial charge on any atom is 0.260 e. The molecule has 1 saturated carbocycles. The summed E-state index contributed by atoms with van der Waals surface area (Å²) in [6.45, 7) is 0.154. The zero-order valence-corrected chi connectivity index (χ0v) is 33.9. The molecule has 2 aliphatic carbocycles. The number of ether oxygens (including phenoxy) is 3. The number of carbonyl (C=O) groups excluding carboxylic acids is 4. The Morgan fingerprint density at radius 3 is 2.17 bits per heavy atom. The molecule has 0 bridgehead atoms. The molecule has 0 spiro atoms. The number of amides is 4. The standard InChI is InChI=1S/C45H41Cl2N3O9/c1-57-29-12-7-26(8-13-29)45-33(16-6-25-20-37(58-2)40(52)38(21-25)59-3)30-14-15-31-39(43(55)49(41(31)53)19-18-24-4-10-28(51)11-5-24)32(30)23-34(45)42(54)50(44(45)56)48-36-17-9-27(46)22-35(36)47/h4-14,16-17,20-22,31-34,39,48,51-52H,15,18-19,23H2,1-3H3/t31-,32+,33-,34-,39-,45-/m0/s1. The SMILES string of the molecule is COc1ccc([C@@]23C(=O)N(Nc4ccc(Cl)cc4Cl)C(=O)[C@@H]2C[C@@H]2C(=CC[C@@H]4C(=O)N(CCc5ccc(O)cc5)C(=O)[C@@H]42)[C@@H]3C=Cc2cc(OC)c(O)c(OC)c2)cc1. The summed E-state index contributed by atoms with van der Waals surface area (Å²) in [5.74, 6) is -4.64. The molecule has 4 aromatic rings. The second kappa shape index (κ2) is 15.6. The lowest BCUT2D eigenvalue weighted by molar-refractivity contribution is -0.141. The molecule has 2 saturated heterocycles. The van der Waals surface area contributed by atoms with Crippen molar-refractivity contribution in [3.63, 3.8) is 0 Å². The molecule has 304 valence electrons. The number of fused-ring (bicyclic) bond motifs is 4. The van der Waals surface area contributed by atoms with Crippen LogP contribution in [-0.4, -0.2) is 71.6 Å². The van der Waals surface area contributed by atoms with Crippen LogP contribution in [0.25, 0.3) is 6.08 Å². The number of nitrogens with zero attached hydrogens (tertiary/aromatic N) is 2. The Morgan fingerprint density at radius 1 is 0.831 bits per heavy atom. The number of hydrogen-bond donors (Lipinski definition) is 3. The molecule has 0 aromatic heterocycles. The number of carbonyl (C=O) groups is 4. The van der Waals surface area contributed by atoms with Gasteiger partial charge in [-0.2, -0.15) is 5.01 Å².